The van der Waals surface area contributed by atoms with Crippen LogP contribution in [-0.4, -0.2) is 21.7 Å². The maximum Gasteiger partial charge on any atom is 0.238 e. The minimum atomic E-state index is -3.74. The number of aliphatic imine (C=N–C) groups is 1. The Hall–Kier alpha value is -3.55. The number of para-hydroxylation sites is 1. The summed E-state index contributed by atoms with van der Waals surface area (Å²) < 4.78 is 29.6. The van der Waals surface area contributed by atoms with Crippen molar-refractivity contribution in [3.63, 3.8) is 0 Å². The van der Waals surface area contributed by atoms with Crippen LogP contribution in [0.1, 0.15) is 25.0 Å². The summed E-state index contributed by atoms with van der Waals surface area (Å²) in [5, 5.41) is 6.14. The van der Waals surface area contributed by atoms with Crippen LogP contribution in [0.4, 0.5) is 11.4 Å². The molecule has 0 spiro atoms. The molecule has 1 unspecified atom stereocenters. The summed E-state index contributed by atoms with van der Waals surface area (Å²) in [7, 11) is -1.65. The zero-order valence-electron chi connectivity index (χ0n) is 22.4. The van der Waals surface area contributed by atoms with Crippen molar-refractivity contribution >= 4 is 51.0 Å². The van der Waals surface area contributed by atoms with Gasteiger partial charge in [-0.2, -0.15) is 0 Å². The Kier molecular flexibility index (Phi) is 7.55. The smallest absolute Gasteiger partial charge is 0.238 e. The molecule has 0 bridgehead atoms. The van der Waals surface area contributed by atoms with Gasteiger partial charge in [0.2, 0.25) is 10.0 Å². The molecule has 0 amide bonds. The van der Waals surface area contributed by atoms with Gasteiger partial charge in [0.1, 0.15) is 5.75 Å². The van der Waals surface area contributed by atoms with Gasteiger partial charge < -0.3 is 9.42 Å². The summed E-state index contributed by atoms with van der Waals surface area (Å²) in [6, 6.07) is 32.2. The van der Waals surface area contributed by atoms with Crippen molar-refractivity contribution in [2.45, 2.75) is 24.2 Å². The Morgan fingerprint density at radius 3 is 2.15 bits per heavy atom. The molecular formula is C31H30N3O3PS2. The van der Waals surface area contributed by atoms with E-state index in [4.69, 9.17) is 21.5 Å². The van der Waals surface area contributed by atoms with Crippen molar-refractivity contribution in [1.82, 2.24) is 0 Å². The Balaban J connectivity index is 1.43. The molecule has 0 saturated heterocycles. The van der Waals surface area contributed by atoms with Crippen molar-refractivity contribution in [1.29, 1.82) is 0 Å². The van der Waals surface area contributed by atoms with Crippen LogP contribution in [0.3, 0.4) is 0 Å². The number of rotatable bonds is 7. The second kappa shape index (κ2) is 10.8. The molecule has 204 valence electrons. The molecule has 9 heteroatoms. The number of benzene rings is 4. The highest BCUT2D eigenvalue weighted by Crippen LogP contribution is 2.55. The highest BCUT2D eigenvalue weighted by molar-refractivity contribution is 8.17. The summed E-state index contributed by atoms with van der Waals surface area (Å²) in [6.07, 6.45) is -0.942. The lowest BCUT2D eigenvalue weighted by Gasteiger charge is -2.28. The van der Waals surface area contributed by atoms with E-state index >= 15 is 0 Å². The number of primary sulfonamides is 1. The molecule has 0 fully saturated rings. The Labute approximate surface area is 241 Å². The summed E-state index contributed by atoms with van der Waals surface area (Å²) in [6.45, 7) is 4.45. The van der Waals surface area contributed by atoms with Crippen LogP contribution >= 0.6 is 6.26 Å². The fraction of sp³-hybridized carbons (Fsp3) is 0.129. The third kappa shape index (κ3) is 5.67. The number of fused-ring (bicyclic) bond motifs is 1. The molecule has 0 saturated carbocycles. The third-order valence-corrected chi connectivity index (χ3v) is 11.2. The summed E-state index contributed by atoms with van der Waals surface area (Å²) >= 11 is 6.35. The number of hydrogen-bond donors (Lipinski definition) is 1. The highest BCUT2D eigenvalue weighted by atomic mass is 32.4. The average Bonchev–Trinajstić information content (AvgIpc) is 3.13. The molecule has 6 nitrogen and oxygen atoms in total. The molecule has 1 aliphatic heterocycles. The van der Waals surface area contributed by atoms with Gasteiger partial charge in [-0.15, -0.1) is 0 Å². The van der Waals surface area contributed by atoms with Crippen LogP contribution in [0.5, 0.6) is 5.75 Å². The third-order valence-electron chi connectivity index (χ3n) is 7.00. The number of anilines is 1. The van der Waals surface area contributed by atoms with E-state index in [1.165, 1.54) is 23.4 Å². The standard InChI is InChI=1S/C31H30N3O3PS2/c1-31(2)28-11-7-8-12-29(28)34(3)30(31)22-38(39,26-9-5-4-6-10-26)37-25-17-13-23(14-18-25)21-33-24-15-19-27(20-16-24)40(32,35)36/h4-22H,1-3H3,(H2,32,35,36). The molecule has 40 heavy (non-hydrogen) atoms. The lowest BCUT2D eigenvalue weighted by atomic mass is 9.84. The number of allylic oxidation sites excluding steroid dienone is 1. The molecule has 1 aliphatic rings. The molecule has 4 aromatic rings. The summed E-state index contributed by atoms with van der Waals surface area (Å²) in [4.78, 5) is 6.70. The molecule has 5 rings (SSSR count). The first-order valence-electron chi connectivity index (χ1n) is 12.7. The van der Waals surface area contributed by atoms with Crippen LogP contribution in [0.15, 0.2) is 125 Å². The van der Waals surface area contributed by atoms with Crippen molar-refractivity contribution in [2.24, 2.45) is 10.1 Å². The first-order valence-corrected chi connectivity index (χ1v) is 17.0. The SMILES string of the molecule is CN1C(=CP(=S)(Oc2ccc(C=Nc3ccc(S(N)(=O)=O)cc3)cc2)c2ccccc2)C(C)(C)c2ccccc21. The van der Waals surface area contributed by atoms with Gasteiger partial charge >= 0.3 is 0 Å². The van der Waals surface area contributed by atoms with Gasteiger partial charge in [0.15, 0.2) is 6.26 Å². The van der Waals surface area contributed by atoms with Crippen LogP contribution in [0, 0.1) is 0 Å². The van der Waals surface area contributed by atoms with Crippen molar-refractivity contribution in [2.75, 3.05) is 11.9 Å². The molecule has 4 aromatic carbocycles. The van der Waals surface area contributed by atoms with E-state index in [2.05, 4.69) is 60.9 Å². The number of nitrogens with two attached hydrogens (primary N) is 1. The lowest BCUT2D eigenvalue weighted by molar-refractivity contribution is 0.598. The second-order valence-electron chi connectivity index (χ2n) is 10.1. The topological polar surface area (TPSA) is 85.0 Å². The van der Waals surface area contributed by atoms with E-state index in [1.807, 2.05) is 54.6 Å². The van der Waals surface area contributed by atoms with E-state index in [9.17, 15) is 8.42 Å². The zero-order valence-corrected chi connectivity index (χ0v) is 25.0. The number of nitrogens with zero attached hydrogens (tertiary/aromatic N) is 2. The van der Waals surface area contributed by atoms with E-state index in [1.54, 1.807) is 18.3 Å². The maximum atomic E-state index is 11.5. The predicted octanol–water partition coefficient (Wildman–Crippen LogP) is 6.45. The first-order chi connectivity index (χ1) is 19.0. The second-order valence-corrected chi connectivity index (χ2v) is 15.4. The minimum Gasteiger partial charge on any atom is -0.458 e. The molecule has 1 heterocycles. The minimum absolute atomic E-state index is 0.0492. The largest absolute Gasteiger partial charge is 0.458 e. The fourth-order valence-corrected chi connectivity index (χ4v) is 8.41. The van der Waals surface area contributed by atoms with Crippen molar-refractivity contribution in [3.8, 4) is 5.75 Å². The van der Waals surface area contributed by atoms with Gasteiger partial charge in [0, 0.05) is 41.2 Å². The molecule has 0 aromatic heterocycles. The normalized spacial score (nSPS) is 17.1. The highest BCUT2D eigenvalue weighted by Gasteiger charge is 2.40. The van der Waals surface area contributed by atoms with Crippen molar-refractivity contribution in [3.05, 3.63) is 126 Å². The zero-order chi connectivity index (χ0) is 28.5. The van der Waals surface area contributed by atoms with Crippen LogP contribution in [0.25, 0.3) is 0 Å². The van der Waals surface area contributed by atoms with Crippen LogP contribution < -0.4 is 19.9 Å². The summed E-state index contributed by atoms with van der Waals surface area (Å²) in [5.41, 5.74) is 4.82. The lowest BCUT2D eigenvalue weighted by Crippen LogP contribution is -2.24. The monoisotopic (exact) mass is 587 g/mol. The van der Waals surface area contributed by atoms with Gasteiger partial charge in [-0.3, -0.25) is 4.99 Å². The van der Waals surface area contributed by atoms with E-state index in [-0.39, 0.29) is 10.3 Å². The Bertz CT molecular complexity index is 1750. The van der Waals surface area contributed by atoms with Gasteiger partial charge in [-0.25, -0.2) is 13.6 Å². The van der Waals surface area contributed by atoms with E-state index in [0.717, 1.165) is 16.6 Å². The predicted molar refractivity (Wildman–Crippen MR) is 168 cm³/mol. The molecular weight excluding hydrogens is 557 g/mol. The van der Waals surface area contributed by atoms with Crippen LogP contribution in [-0.2, 0) is 27.2 Å². The fourth-order valence-electron chi connectivity index (χ4n) is 4.82. The van der Waals surface area contributed by atoms with Crippen LogP contribution in [0.2, 0.25) is 0 Å². The maximum absolute atomic E-state index is 11.5. The van der Waals surface area contributed by atoms with Crippen molar-refractivity contribution < 1.29 is 12.9 Å². The molecule has 2 N–H and O–H groups in total. The number of sulfonamides is 1. The van der Waals surface area contributed by atoms with Gasteiger partial charge in [0.05, 0.1) is 10.6 Å². The van der Waals surface area contributed by atoms with E-state index in [0.29, 0.717) is 11.4 Å². The Morgan fingerprint density at radius 1 is 0.900 bits per heavy atom. The molecule has 1 atom stereocenters. The van der Waals surface area contributed by atoms with Gasteiger partial charge in [0.25, 0.3) is 0 Å². The quantitative estimate of drug-likeness (QED) is 0.198. The molecule has 0 radical (unpaired) electrons. The van der Waals surface area contributed by atoms with Gasteiger partial charge in [-0.05, 0) is 77.5 Å². The summed E-state index contributed by atoms with van der Waals surface area (Å²) in [5.74, 6) is 2.84. The number of likely N-dealkylation sites (N-methyl/N-ethyl adjacent to an activating group) is 1. The van der Waals surface area contributed by atoms with Gasteiger partial charge in [-0.1, -0.05) is 62.4 Å². The first kappa shape index (κ1) is 28.0. The molecule has 0 aliphatic carbocycles. The number of hydrogen-bond acceptors (Lipinski definition) is 6. The Morgan fingerprint density at radius 2 is 1.52 bits per heavy atom. The average molecular weight is 588 g/mol. The van der Waals surface area contributed by atoms with E-state index < -0.39 is 16.3 Å².